The van der Waals surface area contributed by atoms with Crippen LogP contribution in [0.3, 0.4) is 0 Å². The van der Waals surface area contributed by atoms with E-state index >= 15 is 0 Å². The van der Waals surface area contributed by atoms with Crippen LogP contribution in [0.4, 0.5) is 4.79 Å². The Morgan fingerprint density at radius 2 is 1.89 bits per heavy atom. The van der Waals surface area contributed by atoms with Gasteiger partial charge in [0.25, 0.3) is 0 Å². The predicted octanol–water partition coefficient (Wildman–Crippen LogP) is 1.95. The fraction of sp³-hybridized carbons (Fsp3) is 0.692. The minimum absolute atomic E-state index is 0.0188. The number of nitrogens with one attached hydrogen (secondary N) is 1. The maximum atomic E-state index is 11.9. The van der Waals surface area contributed by atoms with E-state index in [4.69, 9.17) is 5.11 Å². The summed E-state index contributed by atoms with van der Waals surface area (Å²) in [6, 6.07) is -0.206. The van der Waals surface area contributed by atoms with Gasteiger partial charge in [0.15, 0.2) is 0 Å². The fourth-order valence-corrected chi connectivity index (χ4v) is 1.57. The summed E-state index contributed by atoms with van der Waals surface area (Å²) >= 11 is 0. The lowest BCUT2D eigenvalue weighted by Crippen LogP contribution is -2.46. The van der Waals surface area contributed by atoms with E-state index in [1.807, 2.05) is 27.7 Å². The van der Waals surface area contributed by atoms with Crippen molar-refractivity contribution < 1.29 is 14.7 Å². The van der Waals surface area contributed by atoms with E-state index < -0.39 is 11.9 Å². The average molecular weight is 256 g/mol. The highest BCUT2D eigenvalue weighted by Crippen LogP contribution is 2.10. The number of carbonyl (C=O) groups excluding carboxylic acids is 1. The highest BCUT2D eigenvalue weighted by Gasteiger charge is 2.23. The van der Waals surface area contributed by atoms with Crippen LogP contribution in [0.15, 0.2) is 12.7 Å². The summed E-state index contributed by atoms with van der Waals surface area (Å²) in [7, 11) is 0. The largest absolute Gasteiger partial charge is 0.481 e. The molecule has 0 heterocycles. The Balaban J connectivity index is 4.45. The number of carboxylic acids is 1. The van der Waals surface area contributed by atoms with Crippen molar-refractivity contribution >= 4 is 12.0 Å². The number of nitrogens with zero attached hydrogens (tertiary/aromatic N) is 1. The average Bonchev–Trinajstić information content (AvgIpc) is 2.24. The molecule has 0 aromatic carbocycles. The number of hydrogen-bond acceptors (Lipinski definition) is 2. The molecule has 0 rings (SSSR count). The molecule has 2 N–H and O–H groups in total. The molecule has 0 radical (unpaired) electrons. The first kappa shape index (κ1) is 16.5. The molecule has 0 aliphatic carbocycles. The molecule has 5 nitrogen and oxygen atoms in total. The quantitative estimate of drug-likeness (QED) is 0.684. The second-order valence-corrected chi connectivity index (χ2v) is 4.91. The van der Waals surface area contributed by atoms with Gasteiger partial charge in [-0.25, -0.2) is 4.79 Å². The number of urea groups is 1. The third kappa shape index (κ3) is 5.21. The molecular weight excluding hydrogens is 232 g/mol. The van der Waals surface area contributed by atoms with Gasteiger partial charge in [0.1, 0.15) is 0 Å². The standard InChI is InChI=1S/C13H24N2O3/c1-6-7-15(10(4)5)13(18)14-8-11(9(2)3)12(16)17/h6,9-11H,1,7-8H2,2-5H3,(H,14,18)(H,16,17). The van der Waals surface area contributed by atoms with E-state index in [0.717, 1.165) is 0 Å². The molecule has 5 heteroatoms. The van der Waals surface area contributed by atoms with Crippen molar-refractivity contribution in [1.82, 2.24) is 10.2 Å². The van der Waals surface area contributed by atoms with Crippen LogP contribution in [0.1, 0.15) is 27.7 Å². The lowest BCUT2D eigenvalue weighted by atomic mass is 9.96. The van der Waals surface area contributed by atoms with Crippen molar-refractivity contribution in [2.45, 2.75) is 33.7 Å². The van der Waals surface area contributed by atoms with E-state index in [0.29, 0.717) is 6.54 Å². The van der Waals surface area contributed by atoms with Gasteiger partial charge in [-0.15, -0.1) is 6.58 Å². The number of carboxylic acid groups (broad SMARTS) is 1. The Kier molecular flexibility index (Phi) is 7.08. The molecule has 1 unspecified atom stereocenters. The van der Waals surface area contributed by atoms with Crippen molar-refractivity contribution in [3.8, 4) is 0 Å². The lowest BCUT2D eigenvalue weighted by Gasteiger charge is -2.27. The Labute approximate surface area is 109 Å². The van der Waals surface area contributed by atoms with Crippen molar-refractivity contribution in [1.29, 1.82) is 0 Å². The third-order valence-electron chi connectivity index (χ3n) is 2.81. The molecule has 2 amide bonds. The number of hydrogen-bond donors (Lipinski definition) is 2. The van der Waals surface area contributed by atoms with Gasteiger partial charge < -0.3 is 15.3 Å². The molecule has 1 atom stereocenters. The van der Waals surface area contributed by atoms with Crippen LogP contribution in [0.5, 0.6) is 0 Å². The molecule has 104 valence electrons. The van der Waals surface area contributed by atoms with Crippen molar-refractivity contribution in [3.05, 3.63) is 12.7 Å². The molecule has 0 saturated carbocycles. The minimum Gasteiger partial charge on any atom is -0.481 e. The molecule has 18 heavy (non-hydrogen) atoms. The topological polar surface area (TPSA) is 69.6 Å². The van der Waals surface area contributed by atoms with Crippen LogP contribution in [-0.2, 0) is 4.79 Å². The Morgan fingerprint density at radius 1 is 1.33 bits per heavy atom. The van der Waals surface area contributed by atoms with Crippen LogP contribution in [0, 0.1) is 11.8 Å². The summed E-state index contributed by atoms with van der Waals surface area (Å²) in [4.78, 5) is 24.5. The Bertz CT molecular complexity index is 301. The van der Waals surface area contributed by atoms with Crippen LogP contribution >= 0.6 is 0 Å². The van der Waals surface area contributed by atoms with Gasteiger partial charge in [0.2, 0.25) is 0 Å². The van der Waals surface area contributed by atoms with Gasteiger partial charge in [-0.05, 0) is 19.8 Å². The van der Waals surface area contributed by atoms with Crippen molar-refractivity contribution in [2.24, 2.45) is 11.8 Å². The highest BCUT2D eigenvalue weighted by molar-refractivity contribution is 5.76. The summed E-state index contributed by atoms with van der Waals surface area (Å²) in [6.45, 7) is 11.7. The first-order valence-electron chi connectivity index (χ1n) is 6.19. The SMILES string of the molecule is C=CCN(C(=O)NCC(C(=O)O)C(C)C)C(C)C. The smallest absolute Gasteiger partial charge is 0.317 e. The monoisotopic (exact) mass is 256 g/mol. The summed E-state index contributed by atoms with van der Waals surface area (Å²) in [5.74, 6) is -1.47. The van der Waals surface area contributed by atoms with E-state index in [1.54, 1.807) is 11.0 Å². The molecule has 0 aliphatic heterocycles. The first-order valence-corrected chi connectivity index (χ1v) is 6.19. The van der Waals surface area contributed by atoms with Gasteiger partial charge >= 0.3 is 12.0 Å². The second-order valence-electron chi connectivity index (χ2n) is 4.91. The molecule has 0 spiro atoms. The van der Waals surface area contributed by atoms with Gasteiger partial charge in [-0.3, -0.25) is 4.79 Å². The summed E-state index contributed by atoms with van der Waals surface area (Å²) in [6.07, 6.45) is 1.65. The van der Waals surface area contributed by atoms with Gasteiger partial charge in [-0.1, -0.05) is 19.9 Å². The Morgan fingerprint density at radius 3 is 2.22 bits per heavy atom. The first-order chi connectivity index (χ1) is 8.31. The second kappa shape index (κ2) is 7.74. The molecular formula is C13H24N2O3. The zero-order valence-corrected chi connectivity index (χ0v) is 11.6. The number of amides is 2. The third-order valence-corrected chi connectivity index (χ3v) is 2.81. The van der Waals surface area contributed by atoms with Gasteiger partial charge in [0, 0.05) is 19.1 Å². The summed E-state index contributed by atoms with van der Waals surface area (Å²) < 4.78 is 0. The zero-order chi connectivity index (χ0) is 14.3. The zero-order valence-electron chi connectivity index (χ0n) is 11.6. The molecule has 0 aromatic heterocycles. The number of aliphatic carboxylic acids is 1. The summed E-state index contributed by atoms with van der Waals surface area (Å²) in [5, 5.41) is 11.7. The number of carbonyl (C=O) groups is 2. The van der Waals surface area contributed by atoms with E-state index in [1.165, 1.54) is 0 Å². The van der Waals surface area contributed by atoms with Crippen LogP contribution in [0.25, 0.3) is 0 Å². The normalized spacial score (nSPS) is 12.3. The van der Waals surface area contributed by atoms with Crippen molar-refractivity contribution in [2.75, 3.05) is 13.1 Å². The Hall–Kier alpha value is -1.52. The highest BCUT2D eigenvalue weighted by atomic mass is 16.4. The van der Waals surface area contributed by atoms with Crippen LogP contribution < -0.4 is 5.32 Å². The molecule has 0 fully saturated rings. The maximum absolute atomic E-state index is 11.9. The van der Waals surface area contributed by atoms with Crippen molar-refractivity contribution in [3.63, 3.8) is 0 Å². The lowest BCUT2D eigenvalue weighted by molar-refractivity contribution is -0.142. The van der Waals surface area contributed by atoms with E-state index in [2.05, 4.69) is 11.9 Å². The van der Waals surface area contributed by atoms with E-state index in [9.17, 15) is 9.59 Å². The molecule has 0 aliphatic rings. The van der Waals surface area contributed by atoms with Crippen LogP contribution in [-0.4, -0.2) is 41.1 Å². The van der Waals surface area contributed by atoms with Gasteiger partial charge in [-0.2, -0.15) is 0 Å². The molecule has 0 bridgehead atoms. The maximum Gasteiger partial charge on any atom is 0.317 e. The van der Waals surface area contributed by atoms with E-state index in [-0.39, 0.29) is 24.5 Å². The van der Waals surface area contributed by atoms with Gasteiger partial charge in [0.05, 0.1) is 5.92 Å². The van der Waals surface area contributed by atoms with Crippen LogP contribution in [0.2, 0.25) is 0 Å². The summed E-state index contributed by atoms with van der Waals surface area (Å²) in [5.41, 5.74) is 0. The minimum atomic E-state index is -0.884. The fourth-order valence-electron chi connectivity index (χ4n) is 1.57. The molecule has 0 saturated heterocycles. The predicted molar refractivity (Wildman–Crippen MR) is 71.4 cm³/mol. The molecule has 0 aromatic rings. The number of rotatable bonds is 7.